The summed E-state index contributed by atoms with van der Waals surface area (Å²) < 4.78 is 28.5. The number of aryl methyl sites for hydroxylation is 1. The van der Waals surface area contributed by atoms with Gasteiger partial charge >= 0.3 is 6.03 Å². The number of halogens is 2. The average Bonchev–Trinajstić information content (AvgIpc) is 3.08. The number of urea groups is 1. The van der Waals surface area contributed by atoms with Gasteiger partial charge in [0.05, 0.1) is 18.4 Å². The van der Waals surface area contributed by atoms with Crippen LogP contribution in [0.5, 0.6) is 0 Å². The highest BCUT2D eigenvalue weighted by Gasteiger charge is 2.27. The highest BCUT2D eigenvalue weighted by atomic mass is 19.1. The smallest absolute Gasteiger partial charge is 0.320 e. The van der Waals surface area contributed by atoms with Crippen LogP contribution in [0.4, 0.5) is 19.4 Å². The van der Waals surface area contributed by atoms with Crippen molar-refractivity contribution in [1.82, 2.24) is 15.1 Å². The first-order valence-electron chi connectivity index (χ1n) is 8.61. The lowest BCUT2D eigenvalue weighted by Gasteiger charge is -2.24. The van der Waals surface area contributed by atoms with Crippen molar-refractivity contribution in [1.29, 1.82) is 0 Å². The minimum Gasteiger partial charge on any atom is -0.383 e. The van der Waals surface area contributed by atoms with Crippen LogP contribution in [0.3, 0.4) is 0 Å². The number of carbonyl (C=O) groups excluding carboxylic acids is 1. The summed E-state index contributed by atoms with van der Waals surface area (Å²) in [6.45, 7) is 2.98. The number of amides is 2. The predicted molar refractivity (Wildman–Crippen MR) is 101 cm³/mol. The Hall–Kier alpha value is -3.26. The minimum atomic E-state index is -1.72. The van der Waals surface area contributed by atoms with Crippen molar-refractivity contribution >= 4 is 11.8 Å². The fraction of sp³-hybridized carbons (Fsp3) is 0.200. The fourth-order valence-corrected chi connectivity index (χ4v) is 2.83. The standard InChI is InChI=1S/C20H20F2N4O2/c1-13-5-3-4-6-17(13)26-18(9-10-24-26)25-19(27)23-12-20(2,28)15-8-7-14(21)11-16(15)22/h3-11,28H,12H2,1-2H3,(H2,23,25,27). The molecule has 2 amide bonds. The maximum absolute atomic E-state index is 13.9. The second kappa shape index (κ2) is 7.77. The first-order valence-corrected chi connectivity index (χ1v) is 8.61. The van der Waals surface area contributed by atoms with E-state index in [2.05, 4.69) is 15.7 Å². The number of para-hydroxylation sites is 1. The van der Waals surface area contributed by atoms with Gasteiger partial charge in [-0.3, -0.25) is 5.32 Å². The SMILES string of the molecule is Cc1ccccc1-n1nccc1NC(=O)NCC(C)(O)c1ccc(F)cc1F. The Morgan fingerprint density at radius 3 is 2.68 bits per heavy atom. The van der Waals surface area contributed by atoms with E-state index in [9.17, 15) is 18.7 Å². The Balaban J connectivity index is 1.69. The molecule has 6 nitrogen and oxygen atoms in total. The maximum Gasteiger partial charge on any atom is 0.320 e. The molecule has 3 rings (SSSR count). The van der Waals surface area contributed by atoms with Gasteiger partial charge in [-0.05, 0) is 31.5 Å². The number of aromatic nitrogens is 2. The molecule has 1 atom stereocenters. The van der Waals surface area contributed by atoms with Crippen molar-refractivity contribution in [3.63, 3.8) is 0 Å². The molecule has 0 saturated heterocycles. The summed E-state index contributed by atoms with van der Waals surface area (Å²) in [4.78, 5) is 12.3. The first-order chi connectivity index (χ1) is 13.3. The van der Waals surface area contributed by atoms with Crippen molar-refractivity contribution in [2.24, 2.45) is 0 Å². The van der Waals surface area contributed by atoms with Gasteiger partial charge in [-0.25, -0.2) is 18.3 Å². The molecule has 3 N–H and O–H groups in total. The van der Waals surface area contributed by atoms with Crippen molar-refractivity contribution in [3.8, 4) is 5.69 Å². The van der Waals surface area contributed by atoms with Crippen LogP contribution in [-0.4, -0.2) is 27.5 Å². The van der Waals surface area contributed by atoms with Crippen LogP contribution in [0.1, 0.15) is 18.1 Å². The number of benzene rings is 2. The van der Waals surface area contributed by atoms with E-state index in [0.717, 1.165) is 23.4 Å². The number of carbonyl (C=O) groups is 1. The van der Waals surface area contributed by atoms with Gasteiger partial charge in [0.1, 0.15) is 23.1 Å². The molecule has 0 radical (unpaired) electrons. The lowest BCUT2D eigenvalue weighted by molar-refractivity contribution is 0.0561. The molecule has 2 aromatic carbocycles. The molecule has 28 heavy (non-hydrogen) atoms. The van der Waals surface area contributed by atoms with Crippen molar-refractivity contribution in [2.75, 3.05) is 11.9 Å². The van der Waals surface area contributed by atoms with Gasteiger partial charge in [0.25, 0.3) is 0 Å². The third-order valence-electron chi connectivity index (χ3n) is 4.33. The Morgan fingerprint density at radius 2 is 1.96 bits per heavy atom. The molecule has 1 unspecified atom stereocenters. The topological polar surface area (TPSA) is 79.2 Å². The van der Waals surface area contributed by atoms with Crippen LogP contribution < -0.4 is 10.6 Å². The monoisotopic (exact) mass is 386 g/mol. The number of rotatable bonds is 5. The van der Waals surface area contributed by atoms with E-state index in [4.69, 9.17) is 0 Å². The Kier molecular flexibility index (Phi) is 5.41. The molecule has 0 fully saturated rings. The van der Waals surface area contributed by atoms with Gasteiger partial charge in [-0.1, -0.05) is 24.3 Å². The largest absolute Gasteiger partial charge is 0.383 e. The van der Waals surface area contributed by atoms with Gasteiger partial charge in [-0.2, -0.15) is 5.10 Å². The van der Waals surface area contributed by atoms with E-state index in [1.807, 2.05) is 31.2 Å². The number of nitrogens with zero attached hydrogens (tertiary/aromatic N) is 2. The zero-order chi connectivity index (χ0) is 20.3. The summed E-state index contributed by atoms with van der Waals surface area (Å²) in [6.07, 6.45) is 1.55. The van der Waals surface area contributed by atoms with Gasteiger partial charge in [-0.15, -0.1) is 0 Å². The third-order valence-corrected chi connectivity index (χ3v) is 4.33. The minimum absolute atomic E-state index is 0.112. The molecule has 1 heterocycles. The summed E-state index contributed by atoms with van der Waals surface area (Å²) in [5.74, 6) is -1.20. The number of hydrogen-bond donors (Lipinski definition) is 3. The molecule has 0 aliphatic heterocycles. The number of nitrogens with one attached hydrogen (secondary N) is 2. The molecular formula is C20H20F2N4O2. The highest BCUT2D eigenvalue weighted by Crippen LogP contribution is 2.24. The summed E-state index contributed by atoms with van der Waals surface area (Å²) in [5.41, 5.74) is -0.0440. The summed E-state index contributed by atoms with van der Waals surface area (Å²) in [6, 6.07) is 11.5. The molecule has 0 aliphatic rings. The fourth-order valence-electron chi connectivity index (χ4n) is 2.83. The van der Waals surface area contributed by atoms with E-state index in [0.29, 0.717) is 11.9 Å². The lowest BCUT2D eigenvalue weighted by atomic mass is 9.95. The van der Waals surface area contributed by atoms with Gasteiger partial charge in [0.15, 0.2) is 0 Å². The molecule has 0 bridgehead atoms. The molecule has 0 saturated carbocycles. The molecular weight excluding hydrogens is 366 g/mol. The number of aliphatic hydroxyl groups is 1. The lowest BCUT2D eigenvalue weighted by Crippen LogP contribution is -2.41. The number of hydrogen-bond acceptors (Lipinski definition) is 3. The molecule has 8 heteroatoms. The van der Waals surface area contributed by atoms with E-state index in [1.165, 1.54) is 6.92 Å². The average molecular weight is 386 g/mol. The first kappa shape index (κ1) is 19.5. The van der Waals surface area contributed by atoms with Gasteiger partial charge < -0.3 is 10.4 Å². The Morgan fingerprint density at radius 1 is 1.21 bits per heavy atom. The van der Waals surface area contributed by atoms with Crippen molar-refractivity contribution < 1.29 is 18.7 Å². The van der Waals surface area contributed by atoms with Crippen LogP contribution >= 0.6 is 0 Å². The van der Waals surface area contributed by atoms with E-state index < -0.39 is 23.3 Å². The second-order valence-electron chi connectivity index (χ2n) is 6.62. The van der Waals surface area contributed by atoms with Crippen molar-refractivity contribution in [2.45, 2.75) is 19.4 Å². The second-order valence-corrected chi connectivity index (χ2v) is 6.62. The quantitative estimate of drug-likeness (QED) is 0.628. The molecule has 1 aromatic heterocycles. The summed E-state index contributed by atoms with van der Waals surface area (Å²) in [5, 5.41) is 19.8. The van der Waals surface area contributed by atoms with Crippen LogP contribution in [0, 0.1) is 18.6 Å². The number of anilines is 1. The van der Waals surface area contributed by atoms with E-state index in [1.54, 1.807) is 16.9 Å². The van der Waals surface area contributed by atoms with Gasteiger partial charge in [0, 0.05) is 17.7 Å². The maximum atomic E-state index is 13.9. The Labute approximate surface area is 160 Å². The van der Waals surface area contributed by atoms with E-state index in [-0.39, 0.29) is 12.1 Å². The van der Waals surface area contributed by atoms with Crippen molar-refractivity contribution in [3.05, 3.63) is 77.5 Å². The Bertz CT molecular complexity index is 1000. The molecule has 3 aromatic rings. The molecule has 146 valence electrons. The van der Waals surface area contributed by atoms with Gasteiger partial charge in [0.2, 0.25) is 0 Å². The zero-order valence-electron chi connectivity index (χ0n) is 15.4. The van der Waals surface area contributed by atoms with E-state index >= 15 is 0 Å². The third kappa shape index (κ3) is 4.17. The normalized spacial score (nSPS) is 13.0. The predicted octanol–water partition coefficient (Wildman–Crippen LogP) is 3.49. The van der Waals surface area contributed by atoms with Crippen LogP contribution in [0.2, 0.25) is 0 Å². The molecule has 0 aliphatic carbocycles. The summed E-state index contributed by atoms with van der Waals surface area (Å²) >= 11 is 0. The zero-order valence-corrected chi connectivity index (χ0v) is 15.4. The molecule has 0 spiro atoms. The van der Waals surface area contributed by atoms with Crippen LogP contribution in [0.15, 0.2) is 54.7 Å². The van der Waals surface area contributed by atoms with Crippen LogP contribution in [-0.2, 0) is 5.60 Å². The van der Waals surface area contributed by atoms with Crippen LogP contribution in [0.25, 0.3) is 5.69 Å². The summed E-state index contributed by atoms with van der Waals surface area (Å²) in [7, 11) is 0. The highest BCUT2D eigenvalue weighted by molar-refractivity contribution is 5.88.